The minimum Gasteiger partial charge on any atom is -0.382 e. The Labute approximate surface area is 126 Å². The highest BCUT2D eigenvalue weighted by Gasteiger charge is 2.23. The number of amides is 1. The topological polar surface area (TPSA) is 41.6 Å². The zero-order valence-electron chi connectivity index (χ0n) is 12.7. The number of nitrogens with zero attached hydrogens (tertiary/aromatic N) is 1. The molecule has 1 amide bonds. The average Bonchev–Trinajstić information content (AvgIpc) is 2.94. The third kappa shape index (κ3) is 3.38. The monoisotopic (exact) mass is 288 g/mol. The van der Waals surface area contributed by atoms with Gasteiger partial charge in [0.2, 0.25) is 5.91 Å². The van der Waals surface area contributed by atoms with Gasteiger partial charge in [-0.15, -0.1) is 0 Å². The van der Waals surface area contributed by atoms with Gasteiger partial charge in [0.1, 0.15) is 0 Å². The number of hydrogen-bond acceptors (Lipinski definition) is 3. The summed E-state index contributed by atoms with van der Waals surface area (Å²) < 4.78 is 5.42. The zero-order chi connectivity index (χ0) is 14.7. The number of nitrogens with one attached hydrogen (secondary N) is 1. The van der Waals surface area contributed by atoms with Crippen molar-refractivity contribution in [1.29, 1.82) is 0 Å². The molecule has 1 aromatic carbocycles. The number of benzene rings is 1. The SMILES string of the molecule is COC1CCC(Nc2cccc(N3CCCC3=O)c2)CC1. The van der Waals surface area contributed by atoms with Gasteiger partial charge in [0.25, 0.3) is 0 Å². The number of anilines is 2. The Kier molecular flexibility index (Phi) is 4.44. The first kappa shape index (κ1) is 14.4. The van der Waals surface area contributed by atoms with E-state index in [-0.39, 0.29) is 5.91 Å². The highest BCUT2D eigenvalue weighted by Crippen LogP contribution is 2.27. The third-order valence-electron chi connectivity index (χ3n) is 4.61. The summed E-state index contributed by atoms with van der Waals surface area (Å²) in [5.41, 5.74) is 2.14. The predicted molar refractivity (Wildman–Crippen MR) is 84.7 cm³/mol. The molecule has 0 aromatic heterocycles. The van der Waals surface area contributed by atoms with Gasteiger partial charge in [-0.2, -0.15) is 0 Å². The largest absolute Gasteiger partial charge is 0.382 e. The fraction of sp³-hybridized carbons (Fsp3) is 0.588. The van der Waals surface area contributed by atoms with Crippen LogP contribution < -0.4 is 10.2 Å². The van der Waals surface area contributed by atoms with E-state index in [9.17, 15) is 4.79 Å². The summed E-state index contributed by atoms with van der Waals surface area (Å²) in [5.74, 6) is 0.243. The van der Waals surface area contributed by atoms with E-state index in [1.807, 2.05) is 17.0 Å². The summed E-state index contributed by atoms with van der Waals surface area (Å²) in [6.45, 7) is 0.848. The van der Waals surface area contributed by atoms with Crippen LogP contribution in [0.4, 0.5) is 11.4 Å². The van der Waals surface area contributed by atoms with E-state index in [4.69, 9.17) is 4.74 Å². The highest BCUT2D eigenvalue weighted by atomic mass is 16.5. The summed E-state index contributed by atoms with van der Waals surface area (Å²) >= 11 is 0. The molecule has 0 unspecified atom stereocenters. The maximum atomic E-state index is 11.8. The van der Waals surface area contributed by atoms with E-state index < -0.39 is 0 Å². The standard InChI is InChI=1S/C17H24N2O2/c1-21-16-9-7-13(8-10-16)18-14-4-2-5-15(12-14)19-11-3-6-17(19)20/h2,4-5,12-13,16,18H,3,6-11H2,1H3. The Bertz CT molecular complexity index is 495. The molecule has 1 saturated heterocycles. The van der Waals surface area contributed by atoms with Crippen molar-refractivity contribution in [2.75, 3.05) is 23.9 Å². The van der Waals surface area contributed by atoms with E-state index in [1.165, 1.54) is 0 Å². The van der Waals surface area contributed by atoms with Gasteiger partial charge in [-0.05, 0) is 50.3 Å². The summed E-state index contributed by atoms with van der Waals surface area (Å²) in [6, 6.07) is 8.76. The molecule has 1 saturated carbocycles. The molecule has 3 rings (SSSR count). The van der Waals surface area contributed by atoms with Crippen molar-refractivity contribution in [2.45, 2.75) is 50.7 Å². The molecule has 21 heavy (non-hydrogen) atoms. The first-order valence-corrected chi connectivity index (χ1v) is 7.96. The molecular weight excluding hydrogens is 264 g/mol. The Hall–Kier alpha value is -1.55. The Morgan fingerprint density at radius 1 is 1.24 bits per heavy atom. The summed E-state index contributed by atoms with van der Waals surface area (Å²) in [4.78, 5) is 13.7. The quantitative estimate of drug-likeness (QED) is 0.925. The molecule has 1 N–H and O–H groups in total. The van der Waals surface area contributed by atoms with Gasteiger partial charge in [0.05, 0.1) is 6.10 Å². The predicted octanol–water partition coefficient (Wildman–Crippen LogP) is 3.18. The first-order valence-electron chi connectivity index (χ1n) is 7.96. The lowest BCUT2D eigenvalue weighted by Crippen LogP contribution is -2.29. The Morgan fingerprint density at radius 2 is 2.05 bits per heavy atom. The van der Waals surface area contributed by atoms with Crippen molar-refractivity contribution < 1.29 is 9.53 Å². The van der Waals surface area contributed by atoms with E-state index in [0.717, 1.165) is 50.0 Å². The Balaban J connectivity index is 1.62. The van der Waals surface area contributed by atoms with Crippen LogP contribution in [0.5, 0.6) is 0 Å². The van der Waals surface area contributed by atoms with E-state index >= 15 is 0 Å². The lowest BCUT2D eigenvalue weighted by atomic mass is 9.93. The smallest absolute Gasteiger partial charge is 0.227 e. The van der Waals surface area contributed by atoms with Gasteiger partial charge >= 0.3 is 0 Å². The van der Waals surface area contributed by atoms with Gasteiger partial charge in [-0.1, -0.05) is 6.07 Å². The summed E-state index contributed by atoms with van der Waals surface area (Å²) in [7, 11) is 1.80. The molecule has 0 bridgehead atoms. The van der Waals surface area contributed by atoms with Gasteiger partial charge < -0.3 is 15.0 Å². The molecule has 0 atom stereocenters. The lowest BCUT2D eigenvalue weighted by Gasteiger charge is -2.29. The van der Waals surface area contributed by atoms with Gasteiger partial charge in [0.15, 0.2) is 0 Å². The number of hydrogen-bond donors (Lipinski definition) is 1. The van der Waals surface area contributed by atoms with E-state index in [1.54, 1.807) is 7.11 Å². The van der Waals surface area contributed by atoms with Crippen LogP contribution in [0.2, 0.25) is 0 Å². The molecular formula is C17H24N2O2. The number of carbonyl (C=O) groups excluding carboxylic acids is 1. The molecule has 2 aliphatic rings. The van der Waals surface area contributed by atoms with Crippen molar-refractivity contribution in [3.8, 4) is 0 Å². The third-order valence-corrected chi connectivity index (χ3v) is 4.61. The summed E-state index contributed by atoms with van der Waals surface area (Å²) in [5, 5.41) is 3.61. The van der Waals surface area contributed by atoms with Gasteiger partial charge in [-0.3, -0.25) is 4.79 Å². The zero-order valence-corrected chi connectivity index (χ0v) is 12.7. The molecule has 114 valence electrons. The second-order valence-corrected chi connectivity index (χ2v) is 6.05. The molecule has 0 radical (unpaired) electrons. The lowest BCUT2D eigenvalue weighted by molar-refractivity contribution is -0.117. The van der Waals surface area contributed by atoms with Crippen molar-refractivity contribution >= 4 is 17.3 Å². The van der Waals surface area contributed by atoms with Crippen LogP contribution in [0, 0.1) is 0 Å². The van der Waals surface area contributed by atoms with E-state index in [2.05, 4.69) is 17.4 Å². The Morgan fingerprint density at radius 3 is 2.71 bits per heavy atom. The van der Waals surface area contributed by atoms with Crippen LogP contribution in [-0.4, -0.2) is 31.7 Å². The number of rotatable bonds is 4. The van der Waals surface area contributed by atoms with Crippen molar-refractivity contribution in [2.24, 2.45) is 0 Å². The molecule has 1 aliphatic carbocycles. The van der Waals surface area contributed by atoms with Crippen LogP contribution in [0.25, 0.3) is 0 Å². The molecule has 0 spiro atoms. The van der Waals surface area contributed by atoms with Crippen LogP contribution in [0.3, 0.4) is 0 Å². The normalized spacial score (nSPS) is 26.1. The highest BCUT2D eigenvalue weighted by molar-refractivity contribution is 5.95. The van der Waals surface area contributed by atoms with Crippen LogP contribution >= 0.6 is 0 Å². The fourth-order valence-electron chi connectivity index (χ4n) is 3.36. The second kappa shape index (κ2) is 6.48. The van der Waals surface area contributed by atoms with E-state index in [0.29, 0.717) is 18.6 Å². The van der Waals surface area contributed by atoms with Crippen LogP contribution in [0.1, 0.15) is 38.5 Å². The number of methoxy groups -OCH3 is 1. The van der Waals surface area contributed by atoms with Crippen LogP contribution in [-0.2, 0) is 9.53 Å². The average molecular weight is 288 g/mol. The maximum absolute atomic E-state index is 11.8. The fourth-order valence-corrected chi connectivity index (χ4v) is 3.36. The molecule has 1 aromatic rings. The minimum atomic E-state index is 0.243. The molecule has 1 aliphatic heterocycles. The first-order chi connectivity index (χ1) is 10.3. The minimum absolute atomic E-state index is 0.243. The van der Waals surface area contributed by atoms with Crippen LogP contribution in [0.15, 0.2) is 24.3 Å². The molecule has 4 heteroatoms. The second-order valence-electron chi connectivity index (χ2n) is 6.05. The molecule has 4 nitrogen and oxygen atoms in total. The maximum Gasteiger partial charge on any atom is 0.227 e. The molecule has 2 fully saturated rings. The van der Waals surface area contributed by atoms with Crippen molar-refractivity contribution in [3.63, 3.8) is 0 Å². The summed E-state index contributed by atoms with van der Waals surface area (Å²) in [6.07, 6.45) is 6.61. The number of ether oxygens (including phenoxy) is 1. The number of carbonyl (C=O) groups is 1. The van der Waals surface area contributed by atoms with Gasteiger partial charge in [0, 0.05) is 37.5 Å². The molecule has 1 heterocycles. The van der Waals surface area contributed by atoms with Crippen molar-refractivity contribution in [3.05, 3.63) is 24.3 Å². The van der Waals surface area contributed by atoms with Gasteiger partial charge in [-0.25, -0.2) is 0 Å². The van der Waals surface area contributed by atoms with Crippen molar-refractivity contribution in [1.82, 2.24) is 0 Å².